The molecule has 0 aliphatic rings. The second-order valence-corrected chi connectivity index (χ2v) is 5.78. The Morgan fingerprint density at radius 3 is 2.64 bits per heavy atom. The predicted octanol–water partition coefficient (Wildman–Crippen LogP) is 2.86. The van der Waals surface area contributed by atoms with Gasteiger partial charge in [0.05, 0.1) is 11.7 Å². The van der Waals surface area contributed by atoms with Crippen LogP contribution < -0.4 is 5.32 Å². The zero-order valence-electron chi connectivity index (χ0n) is 13.8. The van der Waals surface area contributed by atoms with E-state index in [-0.39, 0.29) is 11.9 Å². The van der Waals surface area contributed by atoms with E-state index < -0.39 is 0 Å². The van der Waals surface area contributed by atoms with Crippen molar-refractivity contribution in [3.05, 3.63) is 47.0 Å². The lowest BCUT2D eigenvalue weighted by Crippen LogP contribution is -2.26. The summed E-state index contributed by atoms with van der Waals surface area (Å²) in [7, 11) is 0. The fraction of sp³-hybridized carbons (Fsp3) is 0.471. The molecule has 5 heteroatoms. The van der Waals surface area contributed by atoms with Crippen LogP contribution in [-0.2, 0) is 11.3 Å². The van der Waals surface area contributed by atoms with Crippen LogP contribution in [0.25, 0.3) is 0 Å². The molecule has 0 radical (unpaired) electrons. The number of aromatic nitrogens is 3. The number of aryl methyl sites for hydroxylation is 4. The molecule has 2 aromatic rings. The second-order valence-electron chi connectivity index (χ2n) is 5.78. The maximum absolute atomic E-state index is 12.0. The van der Waals surface area contributed by atoms with Gasteiger partial charge in [-0.25, -0.2) is 0 Å². The lowest BCUT2D eigenvalue weighted by molar-refractivity contribution is -0.121. The first-order valence-electron chi connectivity index (χ1n) is 7.68. The number of carbonyl (C=O) groups excluding carboxylic acids is 1. The van der Waals surface area contributed by atoms with Gasteiger partial charge in [0, 0.05) is 30.6 Å². The number of pyridine rings is 1. The van der Waals surface area contributed by atoms with Crippen molar-refractivity contribution in [2.45, 2.75) is 53.1 Å². The predicted molar refractivity (Wildman–Crippen MR) is 86.5 cm³/mol. The average Bonchev–Trinajstić information content (AvgIpc) is 2.77. The van der Waals surface area contributed by atoms with E-state index in [1.54, 1.807) is 0 Å². The summed E-state index contributed by atoms with van der Waals surface area (Å²) in [5.41, 5.74) is 4.16. The number of hydrogen-bond acceptors (Lipinski definition) is 3. The lowest BCUT2D eigenvalue weighted by atomic mass is 10.1. The fourth-order valence-electron chi connectivity index (χ4n) is 2.42. The number of rotatable bonds is 6. The summed E-state index contributed by atoms with van der Waals surface area (Å²) in [5, 5.41) is 7.41. The third-order valence-electron chi connectivity index (χ3n) is 3.69. The van der Waals surface area contributed by atoms with Gasteiger partial charge in [0.25, 0.3) is 0 Å². The topological polar surface area (TPSA) is 59.8 Å². The number of nitrogens with one attached hydrogen (secondary N) is 1. The first-order chi connectivity index (χ1) is 10.5. The third-order valence-corrected chi connectivity index (χ3v) is 3.69. The largest absolute Gasteiger partial charge is 0.350 e. The molecule has 2 heterocycles. The molecule has 0 bridgehead atoms. The Morgan fingerprint density at radius 1 is 1.27 bits per heavy atom. The Kier molecular flexibility index (Phi) is 5.31. The number of hydrogen-bond donors (Lipinski definition) is 1. The van der Waals surface area contributed by atoms with Gasteiger partial charge >= 0.3 is 0 Å². The van der Waals surface area contributed by atoms with E-state index in [1.165, 1.54) is 0 Å². The van der Waals surface area contributed by atoms with Crippen LogP contribution in [0.5, 0.6) is 0 Å². The van der Waals surface area contributed by atoms with E-state index in [0.717, 1.165) is 35.6 Å². The lowest BCUT2D eigenvalue weighted by Gasteiger charge is -2.14. The number of amides is 1. The van der Waals surface area contributed by atoms with Crippen LogP contribution in [0, 0.1) is 20.8 Å². The molecule has 0 aliphatic heterocycles. The summed E-state index contributed by atoms with van der Waals surface area (Å²) < 4.78 is 1.95. The maximum Gasteiger partial charge on any atom is 0.220 e. The highest BCUT2D eigenvalue weighted by atomic mass is 16.1. The van der Waals surface area contributed by atoms with Crippen molar-refractivity contribution in [3.8, 4) is 0 Å². The maximum atomic E-state index is 12.0. The van der Waals surface area contributed by atoms with Crippen molar-refractivity contribution in [2.24, 2.45) is 0 Å². The Morgan fingerprint density at radius 2 is 2.05 bits per heavy atom. The van der Waals surface area contributed by atoms with Crippen LogP contribution >= 0.6 is 0 Å². The van der Waals surface area contributed by atoms with Crippen LogP contribution in [0.1, 0.15) is 48.5 Å². The summed E-state index contributed by atoms with van der Waals surface area (Å²) in [6.45, 7) is 8.71. The Balaban J connectivity index is 1.78. The standard InChI is InChI=1S/C17H24N4O/c1-12-7-8-16(11-18-12)15(4)19-17(22)6-5-9-21-14(3)10-13(2)20-21/h7-8,10-11,15H,5-6,9H2,1-4H3,(H,19,22)/t15-/m0/s1. The summed E-state index contributed by atoms with van der Waals surface area (Å²) in [4.78, 5) is 16.3. The molecule has 2 aromatic heterocycles. The molecule has 1 atom stereocenters. The van der Waals surface area contributed by atoms with Crippen molar-refractivity contribution in [3.63, 3.8) is 0 Å². The summed E-state index contributed by atoms with van der Waals surface area (Å²) >= 11 is 0. The van der Waals surface area contributed by atoms with E-state index in [2.05, 4.69) is 15.4 Å². The normalized spacial score (nSPS) is 12.2. The van der Waals surface area contributed by atoms with E-state index in [4.69, 9.17) is 0 Å². The minimum Gasteiger partial charge on any atom is -0.350 e. The van der Waals surface area contributed by atoms with Crippen molar-refractivity contribution in [1.82, 2.24) is 20.1 Å². The third kappa shape index (κ3) is 4.41. The number of carbonyl (C=O) groups is 1. The first kappa shape index (κ1) is 16.2. The molecule has 5 nitrogen and oxygen atoms in total. The van der Waals surface area contributed by atoms with E-state index in [1.807, 2.05) is 56.8 Å². The van der Waals surface area contributed by atoms with E-state index in [0.29, 0.717) is 6.42 Å². The molecule has 118 valence electrons. The highest BCUT2D eigenvalue weighted by Crippen LogP contribution is 2.11. The van der Waals surface area contributed by atoms with Crippen molar-refractivity contribution >= 4 is 5.91 Å². The van der Waals surface area contributed by atoms with Gasteiger partial charge in [0.2, 0.25) is 5.91 Å². The molecule has 0 saturated carbocycles. The molecule has 22 heavy (non-hydrogen) atoms. The van der Waals surface area contributed by atoms with Gasteiger partial charge in [-0.3, -0.25) is 14.5 Å². The molecule has 0 spiro atoms. The van der Waals surface area contributed by atoms with Crippen molar-refractivity contribution < 1.29 is 4.79 Å². The molecule has 1 amide bonds. The van der Waals surface area contributed by atoms with Gasteiger partial charge in [-0.2, -0.15) is 5.10 Å². The SMILES string of the molecule is Cc1ccc([C@H](C)NC(=O)CCCn2nc(C)cc2C)cn1. The van der Waals surface area contributed by atoms with Crippen LogP contribution in [0.3, 0.4) is 0 Å². The summed E-state index contributed by atoms with van der Waals surface area (Å²) in [5.74, 6) is 0.0645. The highest BCUT2D eigenvalue weighted by molar-refractivity contribution is 5.76. The molecule has 0 aliphatic carbocycles. The van der Waals surface area contributed by atoms with Crippen LogP contribution in [0.15, 0.2) is 24.4 Å². The molecule has 2 rings (SSSR count). The van der Waals surface area contributed by atoms with Gasteiger partial charge in [0.1, 0.15) is 0 Å². The molecule has 1 N–H and O–H groups in total. The van der Waals surface area contributed by atoms with Crippen LogP contribution in [0.4, 0.5) is 0 Å². The van der Waals surface area contributed by atoms with E-state index >= 15 is 0 Å². The Bertz CT molecular complexity index is 631. The van der Waals surface area contributed by atoms with Gasteiger partial charge in [0.15, 0.2) is 0 Å². The van der Waals surface area contributed by atoms with Crippen molar-refractivity contribution in [1.29, 1.82) is 0 Å². The van der Waals surface area contributed by atoms with Gasteiger partial charge in [-0.15, -0.1) is 0 Å². The van der Waals surface area contributed by atoms with Gasteiger partial charge < -0.3 is 5.32 Å². The fourth-order valence-corrected chi connectivity index (χ4v) is 2.42. The Hall–Kier alpha value is -2.17. The van der Waals surface area contributed by atoms with Crippen LogP contribution in [-0.4, -0.2) is 20.7 Å². The zero-order valence-corrected chi connectivity index (χ0v) is 13.8. The minimum atomic E-state index is -0.0192. The molecule has 0 fully saturated rings. The molecular formula is C17H24N4O. The molecule has 0 unspecified atom stereocenters. The monoisotopic (exact) mass is 300 g/mol. The van der Waals surface area contributed by atoms with Gasteiger partial charge in [-0.05, 0) is 51.8 Å². The van der Waals surface area contributed by atoms with Gasteiger partial charge in [-0.1, -0.05) is 6.07 Å². The second kappa shape index (κ2) is 7.20. The summed E-state index contributed by atoms with van der Waals surface area (Å²) in [6, 6.07) is 5.99. The quantitative estimate of drug-likeness (QED) is 0.892. The molecular weight excluding hydrogens is 276 g/mol. The van der Waals surface area contributed by atoms with Crippen molar-refractivity contribution in [2.75, 3.05) is 0 Å². The Labute approximate surface area is 131 Å². The number of nitrogens with zero attached hydrogens (tertiary/aromatic N) is 3. The van der Waals surface area contributed by atoms with E-state index in [9.17, 15) is 4.79 Å². The summed E-state index contributed by atoms with van der Waals surface area (Å²) in [6.07, 6.45) is 3.10. The highest BCUT2D eigenvalue weighted by Gasteiger charge is 2.10. The molecule has 0 saturated heterocycles. The minimum absolute atomic E-state index is 0.0192. The first-order valence-corrected chi connectivity index (χ1v) is 7.68. The smallest absolute Gasteiger partial charge is 0.220 e. The average molecular weight is 300 g/mol. The van der Waals surface area contributed by atoms with Crippen LogP contribution in [0.2, 0.25) is 0 Å². The molecule has 0 aromatic carbocycles. The zero-order chi connectivity index (χ0) is 16.1.